The average Bonchev–Trinajstić information content (AvgIpc) is 3.12. The van der Waals surface area contributed by atoms with Gasteiger partial charge < -0.3 is 14.9 Å². The number of aryl methyl sites for hydroxylation is 1. The number of aromatic nitrogens is 2. The Kier molecular flexibility index (Phi) is 4.90. The van der Waals surface area contributed by atoms with E-state index in [1.165, 1.54) is 0 Å². The van der Waals surface area contributed by atoms with Gasteiger partial charge in [-0.2, -0.15) is 0 Å². The van der Waals surface area contributed by atoms with Crippen LogP contribution in [0.25, 0.3) is 10.9 Å². The van der Waals surface area contributed by atoms with E-state index in [0.717, 1.165) is 29.3 Å². The zero-order chi connectivity index (χ0) is 18.8. The lowest BCUT2D eigenvalue weighted by atomic mass is 9.75. The summed E-state index contributed by atoms with van der Waals surface area (Å²) in [6.45, 7) is 2.05. The van der Waals surface area contributed by atoms with E-state index in [9.17, 15) is 9.90 Å². The third-order valence-electron chi connectivity index (χ3n) is 5.17. The van der Waals surface area contributed by atoms with Crippen LogP contribution >= 0.6 is 0 Å². The number of aliphatic hydroxyl groups is 1. The summed E-state index contributed by atoms with van der Waals surface area (Å²) >= 11 is 0. The van der Waals surface area contributed by atoms with Gasteiger partial charge in [-0.1, -0.05) is 30.3 Å². The van der Waals surface area contributed by atoms with Crippen LogP contribution < -0.4 is 5.32 Å². The Morgan fingerprint density at radius 2 is 2.15 bits per heavy atom. The van der Waals surface area contributed by atoms with Crippen LogP contribution in [0.1, 0.15) is 54.0 Å². The summed E-state index contributed by atoms with van der Waals surface area (Å²) in [4.78, 5) is 17.2. The fraction of sp³-hybridized carbons (Fsp3) is 0.381. The molecule has 6 heteroatoms. The van der Waals surface area contributed by atoms with E-state index >= 15 is 0 Å². The van der Waals surface area contributed by atoms with Crippen molar-refractivity contribution in [3.63, 3.8) is 0 Å². The molecule has 1 aliphatic rings. The van der Waals surface area contributed by atoms with Gasteiger partial charge >= 0.3 is 0 Å². The molecule has 140 valence electrons. The molecule has 0 saturated heterocycles. The first-order chi connectivity index (χ1) is 13.1. The van der Waals surface area contributed by atoms with Gasteiger partial charge in [-0.05, 0) is 42.9 Å². The molecule has 6 nitrogen and oxygen atoms in total. The van der Waals surface area contributed by atoms with Gasteiger partial charge in [-0.15, -0.1) is 0 Å². The largest absolute Gasteiger partial charge is 0.393 e. The molecule has 1 atom stereocenters. The van der Waals surface area contributed by atoms with Crippen LogP contribution in [0.2, 0.25) is 0 Å². The van der Waals surface area contributed by atoms with Gasteiger partial charge in [0.1, 0.15) is 5.76 Å². The molecule has 0 aliphatic heterocycles. The summed E-state index contributed by atoms with van der Waals surface area (Å²) in [5.74, 6) is 0.625. The molecule has 2 aromatic heterocycles. The summed E-state index contributed by atoms with van der Waals surface area (Å²) < 4.78 is 5.23. The van der Waals surface area contributed by atoms with Gasteiger partial charge in [0, 0.05) is 24.1 Å². The number of nitrogens with zero attached hydrogens (tertiary/aromatic N) is 2. The number of carbonyl (C=O) groups is 1. The number of aliphatic hydroxyl groups excluding tert-OH is 1. The first-order valence-corrected chi connectivity index (χ1v) is 9.43. The molecule has 0 spiro atoms. The molecule has 4 rings (SSSR count). The SMILES string of the molecule is CCCc1cc(C(=O)N[C@H](c2cnc3ccccc3c2)C2CC(O)C2)no1. The number of amides is 1. The number of hydrogen-bond acceptors (Lipinski definition) is 5. The maximum atomic E-state index is 12.7. The van der Waals surface area contributed by atoms with Crippen molar-refractivity contribution >= 4 is 16.8 Å². The Morgan fingerprint density at radius 3 is 2.93 bits per heavy atom. The fourth-order valence-corrected chi connectivity index (χ4v) is 3.63. The second kappa shape index (κ2) is 7.48. The van der Waals surface area contributed by atoms with Crippen molar-refractivity contribution in [2.24, 2.45) is 5.92 Å². The third kappa shape index (κ3) is 3.71. The van der Waals surface area contributed by atoms with Crippen LogP contribution in [0, 0.1) is 5.92 Å². The Bertz CT molecular complexity index is 947. The molecule has 1 saturated carbocycles. The van der Waals surface area contributed by atoms with E-state index in [0.29, 0.717) is 18.6 Å². The molecule has 2 heterocycles. The molecule has 0 bridgehead atoms. The second-order valence-electron chi connectivity index (χ2n) is 7.23. The summed E-state index contributed by atoms with van der Waals surface area (Å²) in [6.07, 6.45) is 4.53. The monoisotopic (exact) mass is 365 g/mol. The second-order valence-corrected chi connectivity index (χ2v) is 7.23. The van der Waals surface area contributed by atoms with Crippen molar-refractivity contribution in [1.29, 1.82) is 0 Å². The number of nitrogens with one attached hydrogen (secondary N) is 1. The Labute approximate surface area is 157 Å². The van der Waals surface area contributed by atoms with Crippen LogP contribution in [-0.4, -0.2) is 27.3 Å². The lowest BCUT2D eigenvalue weighted by molar-refractivity contribution is 0.0234. The lowest BCUT2D eigenvalue weighted by Gasteiger charge is -2.38. The van der Waals surface area contributed by atoms with Crippen molar-refractivity contribution in [3.05, 3.63) is 59.6 Å². The molecule has 1 aliphatic carbocycles. The third-order valence-corrected chi connectivity index (χ3v) is 5.17. The molecule has 3 aromatic rings. The van der Waals surface area contributed by atoms with Crippen LogP contribution in [0.5, 0.6) is 0 Å². The van der Waals surface area contributed by atoms with E-state index < -0.39 is 0 Å². The van der Waals surface area contributed by atoms with Crippen LogP contribution in [0.3, 0.4) is 0 Å². The van der Waals surface area contributed by atoms with Crippen molar-refractivity contribution in [2.45, 2.75) is 44.8 Å². The number of fused-ring (bicyclic) bond motifs is 1. The molecular weight excluding hydrogens is 342 g/mol. The molecule has 1 amide bonds. The van der Waals surface area contributed by atoms with Crippen LogP contribution in [0.15, 0.2) is 47.1 Å². The summed E-state index contributed by atoms with van der Waals surface area (Å²) in [5, 5.41) is 17.7. The van der Waals surface area contributed by atoms with Crippen molar-refractivity contribution < 1.29 is 14.4 Å². The normalized spacial score (nSPS) is 20.2. The quantitative estimate of drug-likeness (QED) is 0.699. The summed E-state index contributed by atoms with van der Waals surface area (Å²) in [7, 11) is 0. The first-order valence-electron chi connectivity index (χ1n) is 9.43. The number of para-hydroxylation sites is 1. The average molecular weight is 365 g/mol. The molecule has 1 aromatic carbocycles. The van der Waals surface area contributed by atoms with Gasteiger partial charge in [0.25, 0.3) is 5.91 Å². The van der Waals surface area contributed by atoms with Crippen LogP contribution in [0.4, 0.5) is 0 Å². The van der Waals surface area contributed by atoms with Gasteiger partial charge in [-0.25, -0.2) is 0 Å². The molecular formula is C21H23N3O3. The summed E-state index contributed by atoms with van der Waals surface area (Å²) in [5.41, 5.74) is 2.15. The maximum absolute atomic E-state index is 12.7. The van der Waals surface area contributed by atoms with Crippen molar-refractivity contribution in [3.8, 4) is 0 Å². The molecule has 1 fully saturated rings. The van der Waals surface area contributed by atoms with Crippen LogP contribution in [-0.2, 0) is 6.42 Å². The van der Waals surface area contributed by atoms with E-state index in [2.05, 4.69) is 21.5 Å². The highest BCUT2D eigenvalue weighted by atomic mass is 16.5. The van der Waals surface area contributed by atoms with E-state index in [1.807, 2.05) is 37.4 Å². The maximum Gasteiger partial charge on any atom is 0.273 e. The number of hydrogen-bond donors (Lipinski definition) is 2. The Balaban J connectivity index is 1.59. The Morgan fingerprint density at radius 1 is 1.33 bits per heavy atom. The van der Waals surface area contributed by atoms with Crippen molar-refractivity contribution in [1.82, 2.24) is 15.5 Å². The lowest BCUT2D eigenvalue weighted by Crippen LogP contribution is -2.41. The topological polar surface area (TPSA) is 88.2 Å². The highest BCUT2D eigenvalue weighted by Crippen LogP contribution is 2.38. The summed E-state index contributed by atoms with van der Waals surface area (Å²) in [6, 6.07) is 11.4. The molecule has 0 radical (unpaired) electrons. The molecule has 27 heavy (non-hydrogen) atoms. The fourth-order valence-electron chi connectivity index (χ4n) is 3.63. The molecule has 0 unspecified atom stereocenters. The van der Waals surface area contributed by atoms with Gasteiger partial charge in [0.15, 0.2) is 5.69 Å². The highest BCUT2D eigenvalue weighted by Gasteiger charge is 2.36. The smallest absolute Gasteiger partial charge is 0.273 e. The zero-order valence-corrected chi connectivity index (χ0v) is 15.3. The number of pyridine rings is 1. The predicted octanol–water partition coefficient (Wildman–Crippen LogP) is 3.42. The number of carbonyl (C=O) groups excluding carboxylic acids is 1. The minimum Gasteiger partial charge on any atom is -0.393 e. The minimum absolute atomic E-state index is 0.175. The standard InChI is InChI=1S/C21H23N3O3/c1-2-5-17-11-19(24-27-17)21(26)23-20(14-9-16(25)10-14)15-8-13-6-3-4-7-18(13)22-12-15/h3-4,6-8,11-12,14,16,20,25H,2,5,9-10H2,1H3,(H,23,26)/t14?,16?,20-/m0/s1. The van der Waals surface area contributed by atoms with Gasteiger partial charge in [0.05, 0.1) is 17.7 Å². The van der Waals surface area contributed by atoms with E-state index in [4.69, 9.17) is 4.52 Å². The highest BCUT2D eigenvalue weighted by molar-refractivity contribution is 5.92. The van der Waals surface area contributed by atoms with E-state index in [-0.39, 0.29) is 29.7 Å². The Hall–Kier alpha value is -2.73. The minimum atomic E-state index is -0.300. The number of benzene rings is 1. The first kappa shape index (κ1) is 17.7. The predicted molar refractivity (Wildman–Crippen MR) is 101 cm³/mol. The van der Waals surface area contributed by atoms with E-state index in [1.54, 1.807) is 6.07 Å². The van der Waals surface area contributed by atoms with Gasteiger partial charge in [-0.3, -0.25) is 9.78 Å². The van der Waals surface area contributed by atoms with Crippen molar-refractivity contribution in [2.75, 3.05) is 0 Å². The van der Waals surface area contributed by atoms with Gasteiger partial charge in [0.2, 0.25) is 0 Å². The molecule has 2 N–H and O–H groups in total. The zero-order valence-electron chi connectivity index (χ0n) is 15.3. The number of rotatable bonds is 6.